The molecule has 29 heavy (non-hydrogen) atoms. The Morgan fingerprint density at radius 2 is 1.86 bits per heavy atom. The van der Waals surface area contributed by atoms with Crippen LogP contribution in [0.25, 0.3) is 11.0 Å². The number of ether oxygens (including phenoxy) is 1. The third-order valence-corrected chi connectivity index (χ3v) is 4.20. The third kappa shape index (κ3) is 4.92. The first-order valence-electron chi connectivity index (χ1n) is 9.48. The van der Waals surface area contributed by atoms with E-state index in [1.807, 2.05) is 37.2 Å². The lowest BCUT2D eigenvalue weighted by Crippen LogP contribution is -2.29. The SMILES string of the molecule is [2H]N(CCOc1ccc(C(=O)NO)cc1)C(=O)c1oc2ccccc2c1CN(C)C. The normalized spacial score (nSPS) is 11.4. The molecule has 3 aromatic rings. The van der Waals surface area contributed by atoms with Crippen LogP contribution in [0.4, 0.5) is 0 Å². The van der Waals surface area contributed by atoms with E-state index < -0.39 is 11.8 Å². The number of para-hydroxylation sites is 1. The summed E-state index contributed by atoms with van der Waals surface area (Å²) in [6.45, 7) is 0.621. The molecule has 0 saturated heterocycles. The maximum Gasteiger partial charge on any atom is 0.287 e. The summed E-state index contributed by atoms with van der Waals surface area (Å²) in [5.74, 6) is -0.535. The fraction of sp³-hybridized carbons (Fsp3) is 0.238. The number of hydrogen-bond donors (Lipinski definition) is 3. The Bertz CT molecular complexity index is 1030. The molecule has 3 rings (SSSR count). The molecule has 8 heteroatoms. The van der Waals surface area contributed by atoms with Crippen molar-refractivity contribution in [3.05, 3.63) is 65.4 Å². The van der Waals surface area contributed by atoms with Gasteiger partial charge in [0.1, 0.15) is 17.9 Å². The van der Waals surface area contributed by atoms with E-state index in [0.29, 0.717) is 17.9 Å². The van der Waals surface area contributed by atoms with Gasteiger partial charge in [-0.05, 0) is 44.4 Å². The van der Waals surface area contributed by atoms with Gasteiger partial charge in [-0.1, -0.05) is 18.2 Å². The lowest BCUT2D eigenvalue weighted by molar-refractivity contribution is 0.0706. The summed E-state index contributed by atoms with van der Waals surface area (Å²) in [6, 6.07) is 13.5. The number of nitrogens with one attached hydrogen (secondary N) is 2. The zero-order valence-electron chi connectivity index (χ0n) is 17.2. The third-order valence-electron chi connectivity index (χ3n) is 4.20. The first kappa shape index (κ1) is 19.0. The molecule has 8 nitrogen and oxygen atoms in total. The van der Waals surface area contributed by atoms with Crippen molar-refractivity contribution < 1.29 is 25.4 Å². The minimum Gasteiger partial charge on any atom is -0.492 e. The number of hydrogen-bond acceptors (Lipinski definition) is 6. The van der Waals surface area contributed by atoms with E-state index in [-0.39, 0.29) is 24.5 Å². The Hall–Kier alpha value is -3.36. The highest BCUT2D eigenvalue weighted by Gasteiger charge is 2.20. The van der Waals surface area contributed by atoms with Gasteiger partial charge in [-0.15, -0.1) is 0 Å². The van der Waals surface area contributed by atoms with Gasteiger partial charge in [0.05, 0.1) is 6.54 Å². The van der Waals surface area contributed by atoms with Crippen molar-refractivity contribution in [3.8, 4) is 5.75 Å². The van der Waals surface area contributed by atoms with Gasteiger partial charge in [0.2, 0.25) is 0 Å². The number of nitrogens with zero attached hydrogens (tertiary/aromatic N) is 1. The largest absolute Gasteiger partial charge is 0.492 e. The molecule has 152 valence electrons. The molecule has 0 saturated carbocycles. The van der Waals surface area contributed by atoms with Crippen LogP contribution >= 0.6 is 0 Å². The molecule has 0 spiro atoms. The highest BCUT2D eigenvalue weighted by molar-refractivity contribution is 5.99. The standard InChI is InChI=1S/C21H23N3O5/c1-24(2)13-17-16-5-3-4-6-18(16)29-19(17)21(26)22-11-12-28-15-9-7-14(8-10-15)20(25)23-27/h3-10,27H,11-13H2,1-2H3,(H,22,26)(H,23,25)/i/hD. The summed E-state index contributed by atoms with van der Waals surface area (Å²) in [6.07, 6.45) is 0. The smallest absolute Gasteiger partial charge is 0.287 e. The predicted molar refractivity (Wildman–Crippen MR) is 107 cm³/mol. The van der Waals surface area contributed by atoms with Crippen LogP contribution in [-0.2, 0) is 6.54 Å². The molecule has 0 fully saturated rings. The summed E-state index contributed by atoms with van der Waals surface area (Å²) in [5.41, 5.74) is 3.18. The van der Waals surface area contributed by atoms with Crippen LogP contribution in [0, 0.1) is 0 Å². The zero-order chi connectivity index (χ0) is 21.7. The Morgan fingerprint density at radius 3 is 2.55 bits per heavy atom. The summed E-state index contributed by atoms with van der Waals surface area (Å²) in [4.78, 5) is 26.1. The topological polar surface area (TPSA) is 104 Å². The molecular weight excluding hydrogens is 374 g/mol. The van der Waals surface area contributed by atoms with Crippen LogP contribution in [0.15, 0.2) is 52.9 Å². The molecule has 1 heterocycles. The predicted octanol–water partition coefficient (Wildman–Crippen LogP) is 2.42. The molecule has 0 bridgehead atoms. The van der Waals surface area contributed by atoms with E-state index in [4.69, 9.17) is 15.8 Å². The van der Waals surface area contributed by atoms with E-state index in [1.165, 1.54) is 12.1 Å². The fourth-order valence-corrected chi connectivity index (χ4v) is 2.89. The first-order chi connectivity index (χ1) is 14.4. The van der Waals surface area contributed by atoms with E-state index in [9.17, 15) is 9.59 Å². The second kappa shape index (κ2) is 9.22. The summed E-state index contributed by atoms with van der Waals surface area (Å²) in [7, 11) is 3.80. The van der Waals surface area contributed by atoms with Crippen LogP contribution in [0.3, 0.4) is 0 Å². The van der Waals surface area contributed by atoms with Gasteiger partial charge in [-0.2, -0.15) is 0 Å². The van der Waals surface area contributed by atoms with Gasteiger partial charge >= 0.3 is 0 Å². The van der Waals surface area contributed by atoms with Crippen LogP contribution in [-0.4, -0.2) is 49.2 Å². The molecule has 0 radical (unpaired) electrons. The van der Waals surface area contributed by atoms with Crippen LogP contribution in [0.2, 0.25) is 1.41 Å². The summed E-state index contributed by atoms with van der Waals surface area (Å²) in [5, 5.41) is 10.3. The van der Waals surface area contributed by atoms with Crippen molar-refractivity contribution in [3.63, 3.8) is 0 Å². The molecule has 3 N–H and O–H groups in total. The second-order valence-corrected chi connectivity index (χ2v) is 6.64. The first-order valence-corrected chi connectivity index (χ1v) is 9.04. The minimum absolute atomic E-state index is 0.0240. The Balaban J connectivity index is 1.65. The minimum atomic E-state index is -0.621. The Labute approximate surface area is 169 Å². The molecule has 1 aromatic heterocycles. The summed E-state index contributed by atoms with van der Waals surface area (Å²) < 4.78 is 19.4. The van der Waals surface area contributed by atoms with Gasteiger partial charge in [0.25, 0.3) is 11.8 Å². The average molecular weight is 398 g/mol. The Morgan fingerprint density at radius 1 is 1.14 bits per heavy atom. The monoisotopic (exact) mass is 398 g/mol. The maximum atomic E-state index is 12.8. The molecule has 0 aliphatic rings. The summed E-state index contributed by atoms with van der Waals surface area (Å²) >= 11 is 0. The van der Waals surface area contributed by atoms with Gasteiger partial charge in [-0.25, -0.2) is 5.48 Å². The van der Waals surface area contributed by atoms with Gasteiger partial charge in [0, 0.05) is 23.1 Å². The quantitative estimate of drug-likeness (QED) is 0.398. The number of fused-ring (bicyclic) bond motifs is 1. The maximum absolute atomic E-state index is 12.8. The highest BCUT2D eigenvalue weighted by atomic mass is 16.5. The number of rotatable bonds is 8. The zero-order valence-corrected chi connectivity index (χ0v) is 16.2. The van der Waals surface area contributed by atoms with Gasteiger partial charge in [0.15, 0.2) is 7.17 Å². The Kier molecular flexibility index (Phi) is 6.04. The van der Waals surface area contributed by atoms with Gasteiger partial charge < -0.3 is 19.4 Å². The molecule has 2 amide bonds. The van der Waals surface area contributed by atoms with Crippen LogP contribution < -0.4 is 15.5 Å². The molecule has 0 unspecified atom stereocenters. The van der Waals surface area contributed by atoms with E-state index in [1.54, 1.807) is 23.7 Å². The molecule has 0 atom stereocenters. The number of hydroxylamine groups is 1. The molecule has 0 aliphatic heterocycles. The van der Waals surface area contributed by atoms with E-state index in [2.05, 4.69) is 0 Å². The van der Waals surface area contributed by atoms with Crippen molar-refractivity contribution in [2.24, 2.45) is 0 Å². The lowest BCUT2D eigenvalue weighted by Gasteiger charge is -2.11. The number of furan rings is 1. The average Bonchev–Trinajstić information content (AvgIpc) is 3.11. The number of carbonyl (C=O) groups is 2. The van der Waals surface area contributed by atoms with Crippen LogP contribution in [0.5, 0.6) is 5.75 Å². The van der Waals surface area contributed by atoms with E-state index in [0.717, 1.165) is 16.3 Å². The van der Waals surface area contributed by atoms with Crippen molar-refractivity contribution in [2.45, 2.75) is 6.54 Å². The highest BCUT2D eigenvalue weighted by Crippen LogP contribution is 2.26. The van der Waals surface area contributed by atoms with E-state index >= 15 is 0 Å². The fourth-order valence-electron chi connectivity index (χ4n) is 2.89. The molecular formula is C21H23N3O5. The van der Waals surface area contributed by atoms with Crippen molar-refractivity contribution in [2.75, 3.05) is 27.2 Å². The number of carbonyl (C=O) groups excluding carboxylic acids is 2. The van der Waals surface area contributed by atoms with Gasteiger partial charge in [-0.3, -0.25) is 14.8 Å². The van der Waals surface area contributed by atoms with Crippen molar-refractivity contribution in [1.82, 2.24) is 15.7 Å². The van der Waals surface area contributed by atoms with Crippen molar-refractivity contribution in [1.29, 1.82) is 0 Å². The lowest BCUT2D eigenvalue weighted by atomic mass is 10.1. The molecule has 0 aliphatic carbocycles. The number of benzene rings is 2. The van der Waals surface area contributed by atoms with Crippen LogP contribution in [0.1, 0.15) is 26.5 Å². The van der Waals surface area contributed by atoms with Crippen molar-refractivity contribution >= 4 is 22.8 Å². The molecule has 2 aromatic carbocycles. The number of amides is 2. The second-order valence-electron chi connectivity index (χ2n) is 6.64.